The number of nitrogens with zero attached hydrogens (tertiary/aromatic N) is 3. The van der Waals surface area contributed by atoms with Gasteiger partial charge in [0.15, 0.2) is 5.82 Å². The Kier molecular flexibility index (Phi) is 7.82. The van der Waals surface area contributed by atoms with Crippen molar-refractivity contribution < 1.29 is 0 Å². The highest BCUT2D eigenvalue weighted by molar-refractivity contribution is 7.26. The van der Waals surface area contributed by atoms with E-state index in [1.165, 1.54) is 58.5 Å². The van der Waals surface area contributed by atoms with Crippen molar-refractivity contribution in [3.8, 4) is 61.8 Å². The van der Waals surface area contributed by atoms with Gasteiger partial charge in [0.05, 0.1) is 27.3 Å². The van der Waals surface area contributed by atoms with Crippen LogP contribution in [-0.2, 0) is 0 Å². The number of benzene rings is 7. The summed E-state index contributed by atoms with van der Waals surface area (Å²) in [5, 5.41) is 6.33. The Balaban J connectivity index is 1.17. The molecule has 0 fully saturated rings. The van der Waals surface area contributed by atoms with Crippen LogP contribution in [0.25, 0.3) is 105 Å². The molecule has 0 saturated carbocycles. The molecule has 11 rings (SSSR count). The van der Waals surface area contributed by atoms with Crippen LogP contribution in [0.15, 0.2) is 176 Å². The quantitative estimate of drug-likeness (QED) is 0.170. The molecule has 4 heteroatoms. The summed E-state index contributed by atoms with van der Waals surface area (Å²) in [5.74, 6) is 0.714. The first-order chi connectivity index (χ1) is 27.8. The molecule has 264 valence electrons. The van der Waals surface area contributed by atoms with Gasteiger partial charge in [-0.15, -0.1) is 11.3 Å². The molecule has 10 aromatic rings. The Labute approximate surface area is 328 Å². The van der Waals surface area contributed by atoms with E-state index in [1.807, 2.05) is 17.4 Å². The number of thiophene rings is 1. The Morgan fingerprint density at radius 3 is 1.75 bits per heavy atom. The summed E-state index contributed by atoms with van der Waals surface area (Å²) in [4.78, 5) is 10.6. The van der Waals surface area contributed by atoms with Crippen LogP contribution in [0, 0.1) is 0 Å². The van der Waals surface area contributed by atoms with E-state index in [0.29, 0.717) is 5.82 Å². The molecule has 1 aliphatic rings. The van der Waals surface area contributed by atoms with E-state index >= 15 is 0 Å². The molecule has 56 heavy (non-hydrogen) atoms. The fourth-order valence-corrected chi connectivity index (χ4v) is 9.90. The lowest BCUT2D eigenvalue weighted by Gasteiger charge is -2.14. The molecular weight excluding hydrogens is 699 g/mol. The summed E-state index contributed by atoms with van der Waals surface area (Å²) >= 11 is 1.90. The van der Waals surface area contributed by atoms with Crippen molar-refractivity contribution in [2.45, 2.75) is 12.8 Å². The van der Waals surface area contributed by atoms with Gasteiger partial charge in [-0.25, -0.2) is 9.97 Å². The van der Waals surface area contributed by atoms with Crippen molar-refractivity contribution >= 4 is 54.6 Å². The summed E-state index contributed by atoms with van der Waals surface area (Å²) in [5.41, 5.74) is 12.2. The Bertz CT molecular complexity index is 3230. The van der Waals surface area contributed by atoms with Crippen LogP contribution in [0.2, 0.25) is 0 Å². The molecule has 0 amide bonds. The predicted octanol–water partition coefficient (Wildman–Crippen LogP) is 12.5. The number of fused-ring (bicyclic) bond motifs is 6. The Morgan fingerprint density at radius 1 is 0.446 bits per heavy atom. The third kappa shape index (κ3) is 5.33. The third-order valence-corrected chi connectivity index (χ3v) is 12.4. The molecule has 1 aliphatic carbocycles. The van der Waals surface area contributed by atoms with Crippen molar-refractivity contribution in [3.05, 3.63) is 186 Å². The normalized spacial score (nSPS) is 12.4. The summed E-state index contributed by atoms with van der Waals surface area (Å²) in [6, 6.07) is 62.7. The van der Waals surface area contributed by atoms with E-state index in [-0.39, 0.29) is 0 Å². The molecule has 0 saturated heterocycles. The summed E-state index contributed by atoms with van der Waals surface area (Å²) in [7, 11) is 0. The summed E-state index contributed by atoms with van der Waals surface area (Å²) in [6.07, 6.45) is 6.87. The van der Waals surface area contributed by atoms with Crippen LogP contribution in [-0.4, -0.2) is 14.5 Å². The van der Waals surface area contributed by atoms with Crippen LogP contribution < -0.4 is 10.6 Å². The van der Waals surface area contributed by atoms with Gasteiger partial charge in [0.2, 0.25) is 0 Å². The molecule has 0 radical (unpaired) electrons. The van der Waals surface area contributed by atoms with Gasteiger partial charge in [0.1, 0.15) is 0 Å². The van der Waals surface area contributed by atoms with Crippen molar-refractivity contribution in [1.82, 2.24) is 14.5 Å². The lowest BCUT2D eigenvalue weighted by Crippen LogP contribution is -2.30. The van der Waals surface area contributed by atoms with E-state index in [0.717, 1.165) is 52.0 Å². The van der Waals surface area contributed by atoms with Crippen LogP contribution in [0.1, 0.15) is 12.8 Å². The van der Waals surface area contributed by atoms with Gasteiger partial charge in [-0.3, -0.25) is 0 Å². The van der Waals surface area contributed by atoms with Crippen LogP contribution in [0.5, 0.6) is 0 Å². The van der Waals surface area contributed by atoms with E-state index in [2.05, 4.69) is 187 Å². The summed E-state index contributed by atoms with van der Waals surface area (Å²) < 4.78 is 5.12. The molecule has 7 aromatic carbocycles. The molecule has 3 nitrogen and oxygen atoms in total. The zero-order valence-electron chi connectivity index (χ0n) is 30.6. The molecule has 3 aromatic heterocycles. The van der Waals surface area contributed by atoms with Crippen LogP contribution >= 0.6 is 11.3 Å². The van der Waals surface area contributed by atoms with Crippen LogP contribution in [0.4, 0.5) is 0 Å². The fourth-order valence-electron chi connectivity index (χ4n) is 8.56. The maximum absolute atomic E-state index is 5.36. The highest BCUT2D eigenvalue weighted by Gasteiger charge is 2.21. The number of rotatable bonds is 6. The van der Waals surface area contributed by atoms with Crippen molar-refractivity contribution in [2.24, 2.45) is 0 Å². The average Bonchev–Trinajstić information content (AvgIpc) is 3.83. The highest BCUT2D eigenvalue weighted by atomic mass is 32.1. The first kappa shape index (κ1) is 32.5. The minimum absolute atomic E-state index is 0.714. The molecule has 3 heterocycles. The minimum Gasteiger partial charge on any atom is -0.308 e. The smallest absolute Gasteiger partial charge is 0.160 e. The number of hydrogen-bond donors (Lipinski definition) is 0. The SMILES string of the molecule is C1=c2c(n(-c3cccc4c3sc3c(-c5ccccc5)cccc34)c3cccc(-c4cc(-c5ccccc5-c5ccccc5)nc(-c5ccccc5)n4)c23)=CCC1. The van der Waals surface area contributed by atoms with Crippen molar-refractivity contribution in [1.29, 1.82) is 0 Å². The van der Waals surface area contributed by atoms with Gasteiger partial charge in [-0.2, -0.15) is 0 Å². The molecule has 0 N–H and O–H groups in total. The molecule has 0 bridgehead atoms. The van der Waals surface area contributed by atoms with Gasteiger partial charge in [0.25, 0.3) is 0 Å². The van der Waals surface area contributed by atoms with Gasteiger partial charge < -0.3 is 4.57 Å². The second-order valence-corrected chi connectivity index (χ2v) is 15.4. The minimum atomic E-state index is 0.714. The Hall–Kier alpha value is -6.88. The summed E-state index contributed by atoms with van der Waals surface area (Å²) in [6.45, 7) is 0. The zero-order valence-corrected chi connectivity index (χ0v) is 31.4. The second-order valence-electron chi connectivity index (χ2n) is 14.4. The van der Waals surface area contributed by atoms with Gasteiger partial charge in [-0.1, -0.05) is 170 Å². The lowest BCUT2D eigenvalue weighted by atomic mass is 9.96. The van der Waals surface area contributed by atoms with E-state index in [1.54, 1.807) is 0 Å². The molecule has 0 spiro atoms. The molecular formula is C52H35N3S. The van der Waals surface area contributed by atoms with E-state index < -0.39 is 0 Å². The Morgan fingerprint density at radius 2 is 1.00 bits per heavy atom. The van der Waals surface area contributed by atoms with Crippen molar-refractivity contribution in [3.63, 3.8) is 0 Å². The van der Waals surface area contributed by atoms with Crippen LogP contribution in [0.3, 0.4) is 0 Å². The number of aromatic nitrogens is 3. The first-order valence-electron chi connectivity index (χ1n) is 19.2. The van der Waals surface area contributed by atoms with E-state index in [4.69, 9.17) is 9.97 Å². The monoisotopic (exact) mass is 733 g/mol. The third-order valence-electron chi connectivity index (χ3n) is 11.1. The number of hydrogen-bond acceptors (Lipinski definition) is 3. The second kappa shape index (κ2) is 13.5. The molecule has 0 aliphatic heterocycles. The predicted molar refractivity (Wildman–Crippen MR) is 236 cm³/mol. The molecule has 0 atom stereocenters. The van der Waals surface area contributed by atoms with E-state index in [9.17, 15) is 0 Å². The lowest BCUT2D eigenvalue weighted by molar-refractivity contribution is 1.03. The van der Waals surface area contributed by atoms with Gasteiger partial charge >= 0.3 is 0 Å². The van der Waals surface area contributed by atoms with Gasteiger partial charge in [0, 0.05) is 48.1 Å². The maximum atomic E-state index is 5.36. The highest BCUT2D eigenvalue weighted by Crippen LogP contribution is 2.43. The first-order valence-corrected chi connectivity index (χ1v) is 20.1. The van der Waals surface area contributed by atoms with Crippen molar-refractivity contribution in [2.75, 3.05) is 0 Å². The maximum Gasteiger partial charge on any atom is 0.160 e. The fraction of sp³-hybridized carbons (Fsp3) is 0.0385. The topological polar surface area (TPSA) is 30.7 Å². The standard InChI is InChI=1S/C52H35N3S/c1-4-17-34(18-5-1)37-23-10-11-24-39(37)44-33-45(54-52(53-44)36-21-8-3-9-22-36)42-29-16-31-47-49(42)43-25-12-13-30-46(43)55(47)48-32-15-28-41-40-27-14-26-38(50(40)56-51(41)48)35-19-6-2-7-20-35/h1-11,14-33H,12-13H2. The molecule has 0 unspecified atom stereocenters. The zero-order chi connectivity index (χ0) is 37.0. The van der Waals surface area contributed by atoms with Gasteiger partial charge in [-0.05, 0) is 53.3 Å². The largest absolute Gasteiger partial charge is 0.308 e. The average molecular weight is 734 g/mol.